The van der Waals surface area contributed by atoms with Gasteiger partial charge in [-0.2, -0.15) is 0 Å². The molecule has 9 heteroatoms. The van der Waals surface area contributed by atoms with Crippen molar-refractivity contribution in [2.75, 3.05) is 39.3 Å². The Morgan fingerprint density at radius 2 is 1.96 bits per heavy atom. The Bertz CT molecular complexity index is 862. The lowest BCUT2D eigenvalue weighted by Gasteiger charge is -2.37. The molecule has 3 aliphatic heterocycles. The van der Waals surface area contributed by atoms with Crippen molar-refractivity contribution in [2.24, 2.45) is 9.98 Å². The summed E-state index contributed by atoms with van der Waals surface area (Å²) >= 11 is 0. The summed E-state index contributed by atoms with van der Waals surface area (Å²) in [5, 5.41) is 0. The Hall–Kier alpha value is -2.97. The predicted octanol–water partition coefficient (Wildman–Crippen LogP) is 1.47. The van der Waals surface area contributed by atoms with Crippen molar-refractivity contribution >= 4 is 17.6 Å². The molecule has 0 radical (unpaired) electrons. The second-order valence-electron chi connectivity index (χ2n) is 6.94. The molecule has 1 fully saturated rings. The molecule has 28 heavy (non-hydrogen) atoms. The Kier molecular flexibility index (Phi) is 4.97. The first kappa shape index (κ1) is 18.4. The van der Waals surface area contributed by atoms with Gasteiger partial charge < -0.3 is 19.4 Å². The summed E-state index contributed by atoms with van der Waals surface area (Å²) in [6.07, 6.45) is 3.71. The monoisotopic (exact) mass is 389 g/mol. The molecule has 3 heterocycles. The fourth-order valence-corrected chi connectivity index (χ4v) is 3.45. The zero-order valence-corrected chi connectivity index (χ0v) is 15.5. The molecule has 1 amide bonds. The summed E-state index contributed by atoms with van der Waals surface area (Å²) in [5.41, 5.74) is 0. The van der Waals surface area contributed by atoms with E-state index < -0.39 is 11.6 Å². The smallest absolute Gasteiger partial charge is 0.260 e. The molecule has 0 bridgehead atoms. The first-order valence-corrected chi connectivity index (χ1v) is 9.21. The molecule has 0 unspecified atom stereocenters. The number of hydrogen-bond donors (Lipinski definition) is 0. The fraction of sp³-hybridized carbons (Fsp3) is 0.421. The minimum Gasteiger partial charge on any atom is -0.484 e. The zero-order valence-electron chi connectivity index (χ0n) is 15.5. The van der Waals surface area contributed by atoms with Crippen molar-refractivity contribution in [1.29, 1.82) is 0 Å². The van der Waals surface area contributed by atoms with Gasteiger partial charge in [-0.25, -0.2) is 13.8 Å². The van der Waals surface area contributed by atoms with Crippen molar-refractivity contribution < 1.29 is 18.3 Å². The average Bonchev–Trinajstić information content (AvgIpc) is 3.09. The van der Waals surface area contributed by atoms with Crippen molar-refractivity contribution in [3.8, 4) is 5.75 Å². The van der Waals surface area contributed by atoms with Gasteiger partial charge in [0, 0.05) is 51.2 Å². The number of hydrogen-bond acceptors (Lipinski definition) is 6. The number of rotatable bonds is 3. The highest BCUT2D eigenvalue weighted by atomic mass is 19.2. The van der Waals surface area contributed by atoms with Gasteiger partial charge in [-0.05, 0) is 19.1 Å². The van der Waals surface area contributed by atoms with E-state index in [1.54, 1.807) is 11.1 Å². The molecule has 7 nitrogen and oxygen atoms in total. The van der Waals surface area contributed by atoms with E-state index in [0.29, 0.717) is 26.2 Å². The number of carbonyl (C=O) groups is 1. The number of nitrogens with zero attached hydrogens (tertiary/aromatic N) is 5. The van der Waals surface area contributed by atoms with Crippen LogP contribution in [-0.4, -0.2) is 77.7 Å². The van der Waals surface area contributed by atoms with Gasteiger partial charge in [0.25, 0.3) is 5.91 Å². The number of aliphatic imine (C=N–C) groups is 2. The number of halogens is 2. The lowest BCUT2D eigenvalue weighted by Crippen LogP contribution is -2.54. The van der Waals surface area contributed by atoms with E-state index in [1.807, 2.05) is 6.20 Å². The number of amidine groups is 2. The molecule has 0 saturated carbocycles. The molecule has 1 atom stereocenters. The first-order chi connectivity index (χ1) is 13.5. The van der Waals surface area contributed by atoms with Crippen molar-refractivity contribution in [3.63, 3.8) is 0 Å². The molecule has 0 N–H and O–H groups in total. The summed E-state index contributed by atoms with van der Waals surface area (Å²) < 4.78 is 31.5. The highest BCUT2D eigenvalue weighted by Gasteiger charge is 2.32. The highest BCUT2D eigenvalue weighted by molar-refractivity contribution is 6.41. The Morgan fingerprint density at radius 1 is 1.18 bits per heavy atom. The van der Waals surface area contributed by atoms with Gasteiger partial charge in [-0.1, -0.05) is 0 Å². The summed E-state index contributed by atoms with van der Waals surface area (Å²) in [4.78, 5) is 27.4. The average molecular weight is 389 g/mol. The molecule has 0 aliphatic carbocycles. The number of piperazine rings is 1. The molecule has 148 valence electrons. The maximum atomic E-state index is 13.2. The summed E-state index contributed by atoms with van der Waals surface area (Å²) in [6, 6.07) is 3.44. The number of ether oxygens (including phenoxy) is 1. The van der Waals surface area contributed by atoms with E-state index in [2.05, 4.69) is 26.7 Å². The highest BCUT2D eigenvalue weighted by Crippen LogP contribution is 2.18. The second kappa shape index (κ2) is 7.57. The van der Waals surface area contributed by atoms with Gasteiger partial charge in [0.1, 0.15) is 5.75 Å². The second-order valence-corrected chi connectivity index (χ2v) is 6.94. The predicted molar refractivity (Wildman–Crippen MR) is 100 cm³/mol. The van der Waals surface area contributed by atoms with Gasteiger partial charge in [0.2, 0.25) is 0 Å². The SMILES string of the molecule is C[C@H]1CN2C=CN=C(N3CCN(C(=O)COc4ccc(F)c(F)c4)CC3)C2=N1. The number of amides is 1. The third-order valence-electron chi connectivity index (χ3n) is 4.90. The van der Waals surface area contributed by atoms with Crippen LogP contribution in [0.2, 0.25) is 0 Å². The van der Waals surface area contributed by atoms with Gasteiger partial charge >= 0.3 is 0 Å². The van der Waals surface area contributed by atoms with Crippen LogP contribution in [0.5, 0.6) is 5.75 Å². The van der Waals surface area contributed by atoms with Crippen molar-refractivity contribution in [1.82, 2.24) is 14.7 Å². The normalized spacial score (nSPS) is 21.4. The molecule has 0 spiro atoms. The van der Waals surface area contributed by atoms with E-state index in [4.69, 9.17) is 4.74 Å². The third kappa shape index (κ3) is 3.69. The van der Waals surface area contributed by atoms with Gasteiger partial charge in [0.15, 0.2) is 29.9 Å². The first-order valence-electron chi connectivity index (χ1n) is 9.21. The van der Waals surface area contributed by atoms with E-state index in [-0.39, 0.29) is 24.3 Å². The maximum absolute atomic E-state index is 13.2. The zero-order chi connectivity index (χ0) is 19.7. The molecular formula is C19H21F2N5O2. The van der Waals surface area contributed by atoms with E-state index in [0.717, 1.165) is 30.3 Å². The number of carbonyl (C=O) groups excluding carboxylic acids is 1. The van der Waals surface area contributed by atoms with Crippen LogP contribution in [0.1, 0.15) is 6.92 Å². The fourth-order valence-electron chi connectivity index (χ4n) is 3.45. The molecule has 3 aliphatic rings. The Labute approximate surface area is 161 Å². The van der Waals surface area contributed by atoms with Crippen LogP contribution in [0.15, 0.2) is 40.6 Å². The molecule has 1 aromatic carbocycles. The molecule has 0 aromatic heterocycles. The van der Waals surface area contributed by atoms with Crippen LogP contribution in [0.3, 0.4) is 0 Å². The number of fused-ring (bicyclic) bond motifs is 1. The maximum Gasteiger partial charge on any atom is 0.260 e. The van der Waals surface area contributed by atoms with Crippen LogP contribution < -0.4 is 4.74 Å². The minimum absolute atomic E-state index is 0.127. The summed E-state index contributed by atoms with van der Waals surface area (Å²) in [7, 11) is 0. The molecule has 4 rings (SSSR count). The topological polar surface area (TPSA) is 60.7 Å². The van der Waals surface area contributed by atoms with Crippen LogP contribution in [0.25, 0.3) is 0 Å². The van der Waals surface area contributed by atoms with Crippen LogP contribution in [-0.2, 0) is 4.79 Å². The Balaban J connectivity index is 1.31. The molecule has 1 aromatic rings. The summed E-state index contributed by atoms with van der Waals surface area (Å²) in [6.45, 7) is 5.06. The third-order valence-corrected chi connectivity index (χ3v) is 4.90. The van der Waals surface area contributed by atoms with E-state index >= 15 is 0 Å². The van der Waals surface area contributed by atoms with Crippen LogP contribution in [0, 0.1) is 11.6 Å². The van der Waals surface area contributed by atoms with E-state index in [1.165, 1.54) is 6.07 Å². The molecular weight excluding hydrogens is 368 g/mol. The van der Waals surface area contributed by atoms with Gasteiger partial charge in [-0.3, -0.25) is 9.79 Å². The van der Waals surface area contributed by atoms with Crippen LogP contribution in [0.4, 0.5) is 8.78 Å². The van der Waals surface area contributed by atoms with Gasteiger partial charge in [-0.15, -0.1) is 0 Å². The minimum atomic E-state index is -1.00. The largest absolute Gasteiger partial charge is 0.484 e. The standard InChI is InChI=1S/C19H21F2N5O2/c1-13-11-26-5-4-22-18(19(26)23-13)25-8-6-24(7-9-25)17(27)12-28-14-2-3-15(20)16(21)10-14/h2-5,10,13H,6-9,11-12H2,1H3/t13-/m0/s1. The van der Waals surface area contributed by atoms with E-state index in [9.17, 15) is 13.6 Å². The van der Waals surface area contributed by atoms with Crippen molar-refractivity contribution in [2.45, 2.75) is 13.0 Å². The lowest BCUT2D eigenvalue weighted by atomic mass is 10.2. The van der Waals surface area contributed by atoms with Gasteiger partial charge in [0.05, 0.1) is 6.04 Å². The lowest BCUT2D eigenvalue weighted by molar-refractivity contribution is -0.134. The van der Waals surface area contributed by atoms with Crippen LogP contribution >= 0.6 is 0 Å². The number of benzene rings is 1. The summed E-state index contributed by atoms with van der Waals surface area (Å²) in [5.74, 6) is -0.284. The van der Waals surface area contributed by atoms with Crippen molar-refractivity contribution in [3.05, 3.63) is 42.2 Å². The Morgan fingerprint density at radius 3 is 2.71 bits per heavy atom. The quantitative estimate of drug-likeness (QED) is 0.786. The molecule has 1 saturated heterocycles.